The van der Waals surface area contributed by atoms with Crippen LogP contribution in [0.2, 0.25) is 0 Å². The molecule has 0 radical (unpaired) electrons. The zero-order chi connectivity index (χ0) is 15.7. The second kappa shape index (κ2) is 5.15. The molecule has 10 heteroatoms. The Kier molecular flexibility index (Phi) is 3.52. The lowest BCUT2D eigenvalue weighted by molar-refractivity contribution is -0.401. The largest absolute Gasteiger partial charge is 0.433 e. The van der Waals surface area contributed by atoms with Crippen molar-refractivity contribution >= 4 is 23.6 Å². The van der Waals surface area contributed by atoms with Gasteiger partial charge in [0.05, 0.1) is 6.07 Å². The van der Waals surface area contributed by atoms with Gasteiger partial charge >= 0.3 is 5.88 Å². The van der Waals surface area contributed by atoms with Gasteiger partial charge in [0.15, 0.2) is 5.76 Å². The maximum absolute atomic E-state index is 11.5. The summed E-state index contributed by atoms with van der Waals surface area (Å²) in [7, 11) is 1.49. The van der Waals surface area contributed by atoms with Crippen molar-refractivity contribution in [2.45, 2.75) is 13.8 Å². The molecule has 0 atom stereocenters. The molecule has 0 unspecified atom stereocenters. The molecule has 0 fully saturated rings. The van der Waals surface area contributed by atoms with Gasteiger partial charge in [0.1, 0.15) is 4.92 Å². The minimum Gasteiger partial charge on any atom is -0.397 e. The summed E-state index contributed by atoms with van der Waals surface area (Å²) in [5.41, 5.74) is 0. The van der Waals surface area contributed by atoms with Crippen molar-refractivity contribution in [3.05, 3.63) is 22.2 Å². The number of carbonyl (C=O) groups excluding carboxylic acids is 2. The summed E-state index contributed by atoms with van der Waals surface area (Å²) < 4.78 is 6.19. The molecule has 2 aromatic heterocycles. The fraction of sp³-hybridized carbons (Fsp3) is 0.273. The third kappa shape index (κ3) is 2.63. The summed E-state index contributed by atoms with van der Waals surface area (Å²) in [5.74, 6) is -1.38. The van der Waals surface area contributed by atoms with Crippen molar-refractivity contribution in [1.82, 2.24) is 14.8 Å². The second-order valence-corrected chi connectivity index (χ2v) is 4.13. The zero-order valence-electron chi connectivity index (χ0n) is 11.4. The average Bonchev–Trinajstić information content (AvgIpc) is 2.96. The highest BCUT2D eigenvalue weighted by Gasteiger charge is 2.24. The van der Waals surface area contributed by atoms with Crippen molar-refractivity contribution in [3.8, 4) is 11.6 Å². The van der Waals surface area contributed by atoms with Crippen LogP contribution >= 0.6 is 0 Å². The van der Waals surface area contributed by atoms with Gasteiger partial charge in [-0.1, -0.05) is 0 Å². The molecule has 0 aromatic carbocycles. The van der Waals surface area contributed by atoms with E-state index in [1.54, 1.807) is 0 Å². The van der Waals surface area contributed by atoms with Crippen LogP contribution in [0, 0.1) is 10.1 Å². The number of nitrogens with zero attached hydrogens (tertiary/aromatic N) is 5. The highest BCUT2D eigenvalue weighted by Crippen LogP contribution is 2.25. The topological polar surface area (TPSA) is 124 Å². The molecule has 110 valence electrons. The lowest BCUT2D eigenvalue weighted by Crippen LogP contribution is -2.35. The third-order valence-electron chi connectivity index (χ3n) is 2.56. The van der Waals surface area contributed by atoms with Crippen LogP contribution in [0.3, 0.4) is 0 Å². The number of hydrogen-bond donors (Lipinski definition) is 0. The maximum atomic E-state index is 11.5. The van der Waals surface area contributed by atoms with Crippen LogP contribution in [0.25, 0.3) is 11.6 Å². The molecule has 0 bridgehead atoms. The number of hydrogen-bond acceptors (Lipinski definition) is 7. The van der Waals surface area contributed by atoms with Gasteiger partial charge in [0, 0.05) is 20.9 Å². The van der Waals surface area contributed by atoms with Crippen molar-refractivity contribution in [2.75, 3.05) is 4.90 Å². The van der Waals surface area contributed by atoms with E-state index < -0.39 is 22.6 Å². The predicted molar refractivity (Wildman–Crippen MR) is 69.2 cm³/mol. The fourth-order valence-electron chi connectivity index (χ4n) is 1.72. The van der Waals surface area contributed by atoms with Gasteiger partial charge in [-0.25, -0.2) is 9.58 Å². The van der Waals surface area contributed by atoms with Crippen LogP contribution in [0.1, 0.15) is 13.8 Å². The Balaban J connectivity index is 2.44. The van der Waals surface area contributed by atoms with Crippen LogP contribution in [0.4, 0.5) is 11.8 Å². The van der Waals surface area contributed by atoms with Crippen LogP contribution in [0.15, 0.2) is 16.5 Å². The molecule has 2 heterocycles. The molecular formula is C11H11N5O5. The smallest absolute Gasteiger partial charge is 0.397 e. The first-order valence-electron chi connectivity index (χ1n) is 5.78. The quantitative estimate of drug-likeness (QED) is 0.607. The molecule has 0 saturated heterocycles. The SMILES string of the molecule is CC(=O)N(C(C)=O)c1nc(-c2ccc([N+](=O)[O-])o2)nn1C. The van der Waals surface area contributed by atoms with Gasteiger partial charge in [-0.3, -0.25) is 19.7 Å². The van der Waals surface area contributed by atoms with Crippen LogP contribution in [-0.2, 0) is 16.6 Å². The van der Waals surface area contributed by atoms with Crippen molar-refractivity contribution in [3.63, 3.8) is 0 Å². The lowest BCUT2D eigenvalue weighted by atomic mass is 10.4. The normalized spacial score (nSPS) is 10.4. The lowest BCUT2D eigenvalue weighted by Gasteiger charge is -2.14. The number of aryl methyl sites for hydroxylation is 1. The van der Waals surface area contributed by atoms with Crippen molar-refractivity contribution < 1.29 is 18.9 Å². The summed E-state index contributed by atoms with van der Waals surface area (Å²) in [5, 5.41) is 14.6. The first-order chi connectivity index (χ1) is 9.81. The summed E-state index contributed by atoms with van der Waals surface area (Å²) in [6.45, 7) is 2.43. The minimum absolute atomic E-state index is 0.00375. The molecule has 2 aromatic rings. The molecule has 21 heavy (non-hydrogen) atoms. The summed E-state index contributed by atoms with van der Waals surface area (Å²) in [6.07, 6.45) is 0. The van der Waals surface area contributed by atoms with Crippen LogP contribution < -0.4 is 4.90 Å². The van der Waals surface area contributed by atoms with Gasteiger partial charge in [0.25, 0.3) is 0 Å². The predicted octanol–water partition coefficient (Wildman–Crippen LogP) is 0.883. The Hall–Kier alpha value is -3.04. The molecule has 10 nitrogen and oxygen atoms in total. The number of furan rings is 1. The van der Waals surface area contributed by atoms with Gasteiger partial charge in [-0.05, 0) is 6.07 Å². The monoisotopic (exact) mass is 293 g/mol. The van der Waals surface area contributed by atoms with E-state index in [9.17, 15) is 19.7 Å². The van der Waals surface area contributed by atoms with Crippen LogP contribution in [0.5, 0.6) is 0 Å². The number of nitro groups is 1. The van der Waals surface area contributed by atoms with E-state index >= 15 is 0 Å². The molecule has 0 aliphatic rings. The van der Waals surface area contributed by atoms with E-state index in [2.05, 4.69) is 10.1 Å². The molecule has 0 aliphatic heterocycles. The van der Waals surface area contributed by atoms with Gasteiger partial charge in [-0.15, -0.1) is 5.10 Å². The first-order valence-corrected chi connectivity index (χ1v) is 5.78. The van der Waals surface area contributed by atoms with E-state index in [-0.39, 0.29) is 17.5 Å². The highest BCUT2D eigenvalue weighted by molar-refractivity contribution is 6.11. The summed E-state index contributed by atoms with van der Waals surface area (Å²) in [6, 6.07) is 2.50. The second-order valence-electron chi connectivity index (χ2n) is 4.13. The van der Waals surface area contributed by atoms with Gasteiger partial charge in [0.2, 0.25) is 23.6 Å². The Bertz CT molecular complexity index is 717. The van der Waals surface area contributed by atoms with Gasteiger partial charge in [-0.2, -0.15) is 4.98 Å². The number of amides is 2. The Morgan fingerprint density at radius 1 is 1.33 bits per heavy atom. The molecule has 0 spiro atoms. The standard InChI is InChI=1S/C11H11N5O5/c1-6(17)15(7(2)18)11-12-10(13-14(11)3)8-4-5-9(21-8)16(19)20/h4-5H,1-3H3. The van der Waals surface area contributed by atoms with E-state index in [0.29, 0.717) is 0 Å². The number of carbonyl (C=O) groups is 2. The molecule has 0 N–H and O–H groups in total. The maximum Gasteiger partial charge on any atom is 0.433 e. The molecule has 0 saturated carbocycles. The molecule has 2 rings (SSSR count). The first kappa shape index (κ1) is 14.4. The Morgan fingerprint density at radius 2 is 1.95 bits per heavy atom. The summed E-state index contributed by atoms with van der Waals surface area (Å²) >= 11 is 0. The van der Waals surface area contributed by atoms with Crippen molar-refractivity contribution in [1.29, 1.82) is 0 Å². The van der Waals surface area contributed by atoms with Crippen LogP contribution in [-0.4, -0.2) is 31.5 Å². The van der Waals surface area contributed by atoms with E-state index in [0.717, 1.165) is 4.90 Å². The highest BCUT2D eigenvalue weighted by atomic mass is 16.6. The van der Waals surface area contributed by atoms with E-state index in [4.69, 9.17) is 4.42 Å². The Labute approximate surface area is 118 Å². The number of rotatable bonds is 3. The van der Waals surface area contributed by atoms with Gasteiger partial charge < -0.3 is 4.42 Å². The minimum atomic E-state index is -0.690. The molecule has 0 aliphatic carbocycles. The fourth-order valence-corrected chi connectivity index (χ4v) is 1.72. The molecule has 2 amide bonds. The molecular weight excluding hydrogens is 282 g/mol. The Morgan fingerprint density at radius 3 is 2.43 bits per heavy atom. The number of imide groups is 1. The van der Waals surface area contributed by atoms with E-state index in [1.807, 2.05) is 0 Å². The van der Waals surface area contributed by atoms with E-state index in [1.165, 1.54) is 37.7 Å². The average molecular weight is 293 g/mol. The zero-order valence-corrected chi connectivity index (χ0v) is 11.4. The third-order valence-corrected chi connectivity index (χ3v) is 2.56. The number of aromatic nitrogens is 3. The van der Waals surface area contributed by atoms with Crippen molar-refractivity contribution in [2.24, 2.45) is 7.05 Å². The number of anilines is 1. The summed E-state index contributed by atoms with van der Waals surface area (Å²) in [4.78, 5) is 37.7.